The molecule has 0 bridgehead atoms. The number of amides is 2. The van der Waals surface area contributed by atoms with Crippen LogP contribution in [0.5, 0.6) is 0 Å². The zero-order chi connectivity index (χ0) is 21.0. The second kappa shape index (κ2) is 9.04. The minimum atomic E-state index is -3.73. The van der Waals surface area contributed by atoms with Crippen molar-refractivity contribution in [2.45, 2.75) is 17.7 Å². The van der Waals surface area contributed by atoms with Crippen LogP contribution in [-0.4, -0.2) is 56.8 Å². The van der Waals surface area contributed by atoms with Crippen LogP contribution in [0.1, 0.15) is 22.5 Å². The number of anilines is 1. The normalized spacial score (nSPS) is 15.5. The molecule has 2 amide bonds. The van der Waals surface area contributed by atoms with E-state index in [0.717, 1.165) is 4.47 Å². The van der Waals surface area contributed by atoms with Gasteiger partial charge in [0.2, 0.25) is 5.91 Å². The Labute approximate surface area is 174 Å². The number of hydrogen-bond donors (Lipinski definition) is 1. The van der Waals surface area contributed by atoms with Gasteiger partial charge in [-0.15, -0.1) is 11.3 Å². The molecule has 0 radical (unpaired) electrons. The second-order valence-electron chi connectivity index (χ2n) is 6.65. The van der Waals surface area contributed by atoms with Crippen molar-refractivity contribution in [1.82, 2.24) is 9.37 Å². The average molecular weight is 438 g/mol. The number of carbonyl (C=O) groups is 2. The lowest BCUT2D eigenvalue weighted by molar-refractivity contribution is -0.121. The van der Waals surface area contributed by atoms with E-state index in [1.807, 2.05) is 11.4 Å². The van der Waals surface area contributed by atoms with Crippen molar-refractivity contribution in [2.75, 3.05) is 32.6 Å². The van der Waals surface area contributed by atoms with Crippen molar-refractivity contribution in [3.05, 3.63) is 46.7 Å². The van der Waals surface area contributed by atoms with E-state index in [9.17, 15) is 18.0 Å². The van der Waals surface area contributed by atoms with Gasteiger partial charge in [0, 0.05) is 31.7 Å². The fourth-order valence-electron chi connectivity index (χ4n) is 3.10. The maximum atomic E-state index is 12.6. The summed E-state index contributed by atoms with van der Waals surface area (Å²) in [5.74, 6) is -0.306. The van der Waals surface area contributed by atoms with Crippen LogP contribution in [0, 0.1) is 5.92 Å². The molecule has 8 nitrogen and oxygen atoms in total. The Hall–Kier alpha value is -2.27. The summed E-state index contributed by atoms with van der Waals surface area (Å²) in [6.07, 6.45) is 1.18. The van der Waals surface area contributed by atoms with E-state index in [4.69, 9.17) is 4.84 Å². The molecular weight excluding hydrogens is 414 g/mol. The summed E-state index contributed by atoms with van der Waals surface area (Å²) in [6, 6.07) is 9.58. The number of sulfonamides is 1. The van der Waals surface area contributed by atoms with Crippen LogP contribution in [-0.2, 0) is 19.7 Å². The largest absolute Gasteiger partial charge is 0.338 e. The maximum Gasteiger partial charge on any atom is 0.264 e. The molecule has 0 atom stereocenters. The Morgan fingerprint density at radius 1 is 1.17 bits per heavy atom. The number of hydrogen-bond acceptors (Lipinski definition) is 6. The van der Waals surface area contributed by atoms with Gasteiger partial charge in [-0.05, 0) is 48.6 Å². The van der Waals surface area contributed by atoms with Crippen LogP contribution in [0.4, 0.5) is 5.69 Å². The molecule has 1 aromatic heterocycles. The van der Waals surface area contributed by atoms with Gasteiger partial charge in [-0.3, -0.25) is 14.4 Å². The first kappa shape index (κ1) is 21.4. The Balaban J connectivity index is 1.55. The van der Waals surface area contributed by atoms with Crippen LogP contribution in [0.15, 0.2) is 46.7 Å². The molecule has 2 heterocycles. The molecule has 0 spiro atoms. The van der Waals surface area contributed by atoms with E-state index in [1.165, 1.54) is 37.6 Å². The van der Waals surface area contributed by atoms with Gasteiger partial charge >= 0.3 is 0 Å². The summed E-state index contributed by atoms with van der Waals surface area (Å²) in [6.45, 7) is 1.07. The van der Waals surface area contributed by atoms with Crippen LogP contribution in [0.2, 0.25) is 0 Å². The molecule has 1 aliphatic rings. The van der Waals surface area contributed by atoms with E-state index in [0.29, 0.717) is 36.5 Å². The Bertz CT molecular complexity index is 950. The molecule has 10 heteroatoms. The molecule has 1 N–H and O–H groups in total. The molecule has 1 aliphatic heterocycles. The number of hydroxylamine groups is 1. The number of thiophene rings is 1. The predicted molar refractivity (Wildman–Crippen MR) is 110 cm³/mol. The van der Waals surface area contributed by atoms with Crippen molar-refractivity contribution < 1.29 is 22.8 Å². The standard InChI is InChI=1S/C19H23N3O5S2/c1-21(27-2)29(25,26)16-7-5-15(6-8-16)20-18(23)14-9-11-22(12-10-14)19(24)17-4-3-13-28-17/h3-8,13-14H,9-12H2,1-2H3,(H,20,23). The second-order valence-corrected chi connectivity index (χ2v) is 9.54. The minimum Gasteiger partial charge on any atom is -0.338 e. The number of nitrogens with zero attached hydrogens (tertiary/aromatic N) is 2. The first-order valence-corrected chi connectivity index (χ1v) is 11.4. The Kier molecular flexibility index (Phi) is 6.68. The van der Waals surface area contributed by atoms with Gasteiger partial charge in [0.1, 0.15) is 0 Å². The third-order valence-electron chi connectivity index (χ3n) is 4.90. The highest BCUT2D eigenvalue weighted by Crippen LogP contribution is 2.23. The summed E-state index contributed by atoms with van der Waals surface area (Å²) in [5, 5.41) is 4.70. The smallest absolute Gasteiger partial charge is 0.264 e. The van der Waals surface area contributed by atoms with Gasteiger partial charge in [0.25, 0.3) is 15.9 Å². The highest BCUT2D eigenvalue weighted by molar-refractivity contribution is 7.89. The summed E-state index contributed by atoms with van der Waals surface area (Å²) >= 11 is 1.42. The Morgan fingerprint density at radius 2 is 1.83 bits per heavy atom. The number of likely N-dealkylation sites (tertiary alicyclic amines) is 1. The topological polar surface area (TPSA) is 96.0 Å². The van der Waals surface area contributed by atoms with Gasteiger partial charge in [-0.2, -0.15) is 0 Å². The maximum absolute atomic E-state index is 12.6. The summed E-state index contributed by atoms with van der Waals surface area (Å²) in [5.41, 5.74) is 0.520. The lowest BCUT2D eigenvalue weighted by Gasteiger charge is -2.31. The van der Waals surface area contributed by atoms with Crippen molar-refractivity contribution in [2.24, 2.45) is 5.92 Å². The average Bonchev–Trinajstić information content (AvgIpc) is 3.28. The molecular formula is C19H23N3O5S2. The zero-order valence-electron chi connectivity index (χ0n) is 16.2. The number of nitrogens with one attached hydrogen (secondary N) is 1. The van der Waals surface area contributed by atoms with Gasteiger partial charge < -0.3 is 10.2 Å². The van der Waals surface area contributed by atoms with Crippen molar-refractivity contribution >= 4 is 38.9 Å². The van der Waals surface area contributed by atoms with E-state index >= 15 is 0 Å². The SMILES string of the molecule is CON(C)S(=O)(=O)c1ccc(NC(=O)C2CCN(C(=O)c3cccs3)CC2)cc1. The molecule has 1 saturated heterocycles. The molecule has 29 heavy (non-hydrogen) atoms. The molecule has 0 aliphatic carbocycles. The van der Waals surface area contributed by atoms with Crippen molar-refractivity contribution in [3.63, 3.8) is 0 Å². The third kappa shape index (κ3) is 4.84. The first-order valence-electron chi connectivity index (χ1n) is 9.09. The first-order chi connectivity index (χ1) is 13.8. The van der Waals surface area contributed by atoms with E-state index in [2.05, 4.69) is 5.32 Å². The quantitative estimate of drug-likeness (QED) is 0.700. The van der Waals surface area contributed by atoms with Crippen LogP contribution in [0.3, 0.4) is 0 Å². The lowest BCUT2D eigenvalue weighted by atomic mass is 9.95. The van der Waals surface area contributed by atoms with Crippen molar-refractivity contribution in [3.8, 4) is 0 Å². The molecule has 2 aromatic rings. The lowest BCUT2D eigenvalue weighted by Crippen LogP contribution is -2.41. The van der Waals surface area contributed by atoms with E-state index in [1.54, 1.807) is 23.1 Å². The van der Waals surface area contributed by atoms with E-state index in [-0.39, 0.29) is 22.6 Å². The summed E-state index contributed by atoms with van der Waals surface area (Å²) in [4.78, 5) is 32.2. The highest BCUT2D eigenvalue weighted by atomic mass is 32.2. The Morgan fingerprint density at radius 3 is 2.38 bits per heavy atom. The molecule has 1 aromatic carbocycles. The fraction of sp³-hybridized carbons (Fsp3) is 0.368. The molecule has 1 fully saturated rings. The van der Waals surface area contributed by atoms with Crippen LogP contribution in [0.25, 0.3) is 0 Å². The van der Waals surface area contributed by atoms with Crippen LogP contribution >= 0.6 is 11.3 Å². The number of benzene rings is 1. The molecule has 156 valence electrons. The summed E-state index contributed by atoms with van der Waals surface area (Å²) < 4.78 is 25.2. The summed E-state index contributed by atoms with van der Waals surface area (Å²) in [7, 11) is -1.15. The van der Waals surface area contributed by atoms with Gasteiger partial charge in [0.05, 0.1) is 16.9 Å². The fourth-order valence-corrected chi connectivity index (χ4v) is 4.77. The molecule has 0 unspecified atom stereocenters. The molecule has 3 rings (SSSR count). The predicted octanol–water partition coefficient (Wildman–Crippen LogP) is 2.42. The number of piperidine rings is 1. The third-order valence-corrected chi connectivity index (χ3v) is 7.45. The van der Waals surface area contributed by atoms with Crippen molar-refractivity contribution in [1.29, 1.82) is 0 Å². The van der Waals surface area contributed by atoms with Gasteiger partial charge in [-0.25, -0.2) is 8.42 Å². The molecule has 0 saturated carbocycles. The zero-order valence-corrected chi connectivity index (χ0v) is 17.8. The van der Waals surface area contributed by atoms with E-state index < -0.39 is 10.0 Å². The number of carbonyl (C=O) groups excluding carboxylic acids is 2. The van der Waals surface area contributed by atoms with Crippen LogP contribution < -0.4 is 5.32 Å². The van der Waals surface area contributed by atoms with Gasteiger partial charge in [0.15, 0.2) is 0 Å². The highest BCUT2D eigenvalue weighted by Gasteiger charge is 2.28. The van der Waals surface area contributed by atoms with Gasteiger partial charge in [-0.1, -0.05) is 10.5 Å². The number of rotatable bonds is 6. The monoisotopic (exact) mass is 437 g/mol. The minimum absolute atomic E-state index is 0.0108.